The van der Waals surface area contributed by atoms with E-state index in [1.165, 1.54) is 12.8 Å². The van der Waals surface area contributed by atoms with Crippen molar-refractivity contribution >= 4 is 0 Å². The first-order valence-electron chi connectivity index (χ1n) is 7.86. The van der Waals surface area contributed by atoms with Crippen molar-refractivity contribution in [2.24, 2.45) is 5.73 Å². The molecule has 0 bridgehead atoms. The van der Waals surface area contributed by atoms with Crippen LogP contribution in [-0.2, 0) is 14.2 Å². The third kappa shape index (κ3) is 2.97. The maximum atomic E-state index is 6.47. The minimum atomic E-state index is -0.0334. The van der Waals surface area contributed by atoms with Crippen molar-refractivity contribution in [1.29, 1.82) is 0 Å². The van der Waals surface area contributed by atoms with Crippen LogP contribution in [0.4, 0.5) is 0 Å². The summed E-state index contributed by atoms with van der Waals surface area (Å²) in [6.07, 6.45) is 9.20. The van der Waals surface area contributed by atoms with Gasteiger partial charge in [-0.15, -0.1) is 0 Å². The molecule has 1 unspecified atom stereocenters. The first kappa shape index (κ1) is 13.8. The maximum Gasteiger partial charge on any atom is 0.0807 e. The molecule has 0 aromatic rings. The second-order valence-electron chi connectivity index (χ2n) is 6.47. The zero-order chi connectivity index (χ0) is 13.2. The van der Waals surface area contributed by atoms with E-state index >= 15 is 0 Å². The Kier molecular flexibility index (Phi) is 4.13. The molecule has 19 heavy (non-hydrogen) atoms. The number of ether oxygens (including phenoxy) is 3. The Hall–Kier alpha value is -0.160. The normalized spacial score (nSPS) is 33.6. The fourth-order valence-electron chi connectivity index (χ4n) is 3.92. The maximum absolute atomic E-state index is 6.47. The van der Waals surface area contributed by atoms with Crippen molar-refractivity contribution in [1.82, 2.24) is 0 Å². The van der Waals surface area contributed by atoms with Gasteiger partial charge in [0.15, 0.2) is 0 Å². The van der Waals surface area contributed by atoms with Gasteiger partial charge in [-0.25, -0.2) is 0 Å². The van der Waals surface area contributed by atoms with Crippen LogP contribution in [-0.4, -0.2) is 43.7 Å². The molecule has 3 fully saturated rings. The van der Waals surface area contributed by atoms with Crippen molar-refractivity contribution in [2.45, 2.75) is 68.7 Å². The predicted octanol–water partition coefficient (Wildman–Crippen LogP) is 2.00. The molecule has 0 radical (unpaired) electrons. The lowest BCUT2D eigenvalue weighted by Gasteiger charge is -2.45. The molecule has 0 aromatic heterocycles. The summed E-state index contributed by atoms with van der Waals surface area (Å²) in [6, 6.07) is 0. The van der Waals surface area contributed by atoms with Crippen LogP contribution in [0.2, 0.25) is 0 Å². The molecule has 2 saturated heterocycles. The first-order chi connectivity index (χ1) is 9.26. The van der Waals surface area contributed by atoms with E-state index < -0.39 is 0 Å². The molecular formula is C15H27NO3. The molecule has 3 aliphatic rings. The third-order valence-corrected chi connectivity index (χ3v) is 5.16. The van der Waals surface area contributed by atoms with Crippen molar-refractivity contribution < 1.29 is 14.2 Å². The lowest BCUT2D eigenvalue weighted by molar-refractivity contribution is -0.193. The summed E-state index contributed by atoms with van der Waals surface area (Å²) in [4.78, 5) is 0. The summed E-state index contributed by atoms with van der Waals surface area (Å²) in [6.45, 7) is 3.15. The van der Waals surface area contributed by atoms with E-state index in [1.807, 2.05) is 0 Å². The molecular weight excluding hydrogens is 242 g/mol. The summed E-state index contributed by atoms with van der Waals surface area (Å²) in [5, 5.41) is 0. The average Bonchev–Trinajstić information content (AvgIpc) is 2.89. The van der Waals surface area contributed by atoms with Crippen LogP contribution in [0.1, 0.15) is 51.4 Å². The van der Waals surface area contributed by atoms with Crippen LogP contribution in [0.5, 0.6) is 0 Å². The van der Waals surface area contributed by atoms with Gasteiger partial charge in [-0.3, -0.25) is 0 Å². The molecule has 4 nitrogen and oxygen atoms in total. The second-order valence-corrected chi connectivity index (χ2v) is 6.47. The van der Waals surface area contributed by atoms with Crippen molar-refractivity contribution in [3.8, 4) is 0 Å². The molecule has 0 amide bonds. The van der Waals surface area contributed by atoms with E-state index in [9.17, 15) is 0 Å². The molecule has 2 aliphatic heterocycles. The fourth-order valence-corrected chi connectivity index (χ4v) is 3.92. The van der Waals surface area contributed by atoms with Crippen LogP contribution in [0.15, 0.2) is 0 Å². The number of hydrogen-bond acceptors (Lipinski definition) is 4. The topological polar surface area (TPSA) is 53.7 Å². The molecule has 1 atom stereocenters. The molecule has 2 heterocycles. The van der Waals surface area contributed by atoms with E-state index in [2.05, 4.69) is 0 Å². The van der Waals surface area contributed by atoms with E-state index in [4.69, 9.17) is 19.9 Å². The van der Waals surface area contributed by atoms with Crippen LogP contribution < -0.4 is 5.73 Å². The highest BCUT2D eigenvalue weighted by Crippen LogP contribution is 2.40. The van der Waals surface area contributed by atoms with E-state index in [0.29, 0.717) is 12.6 Å². The largest absolute Gasteiger partial charge is 0.381 e. The monoisotopic (exact) mass is 269 g/mol. The second kappa shape index (κ2) is 5.68. The third-order valence-electron chi connectivity index (χ3n) is 5.16. The Morgan fingerprint density at radius 3 is 2.47 bits per heavy atom. The van der Waals surface area contributed by atoms with Gasteiger partial charge in [-0.05, 0) is 32.1 Å². The van der Waals surface area contributed by atoms with Gasteiger partial charge in [0.25, 0.3) is 0 Å². The smallest absolute Gasteiger partial charge is 0.0807 e. The average molecular weight is 269 g/mol. The van der Waals surface area contributed by atoms with Gasteiger partial charge >= 0.3 is 0 Å². The van der Waals surface area contributed by atoms with E-state index in [0.717, 1.165) is 58.3 Å². The summed E-state index contributed by atoms with van der Waals surface area (Å²) in [5.74, 6) is 0. The predicted molar refractivity (Wildman–Crippen MR) is 73.1 cm³/mol. The highest BCUT2D eigenvalue weighted by Gasteiger charge is 2.43. The molecule has 2 N–H and O–H groups in total. The first-order valence-corrected chi connectivity index (χ1v) is 7.86. The molecule has 1 saturated carbocycles. The quantitative estimate of drug-likeness (QED) is 0.851. The Balaban J connectivity index is 1.61. The van der Waals surface area contributed by atoms with Crippen LogP contribution in [0, 0.1) is 0 Å². The Morgan fingerprint density at radius 2 is 1.79 bits per heavy atom. The number of hydrogen-bond donors (Lipinski definition) is 1. The zero-order valence-corrected chi connectivity index (χ0v) is 11.9. The standard InChI is InChI=1S/C15H27NO3/c16-12-15(4-1-2-5-15)19-13-3-8-18-14(11-13)6-9-17-10-7-14/h13H,1-12,16H2. The molecule has 1 aliphatic carbocycles. The van der Waals surface area contributed by atoms with Crippen molar-refractivity contribution in [2.75, 3.05) is 26.4 Å². The van der Waals surface area contributed by atoms with Gasteiger partial charge in [-0.2, -0.15) is 0 Å². The van der Waals surface area contributed by atoms with Gasteiger partial charge in [-0.1, -0.05) is 12.8 Å². The Morgan fingerprint density at radius 1 is 1.05 bits per heavy atom. The van der Waals surface area contributed by atoms with Crippen molar-refractivity contribution in [3.05, 3.63) is 0 Å². The van der Waals surface area contributed by atoms with Gasteiger partial charge in [0.1, 0.15) is 0 Å². The molecule has 0 aromatic carbocycles. The fraction of sp³-hybridized carbons (Fsp3) is 1.00. The summed E-state index contributed by atoms with van der Waals surface area (Å²) < 4.78 is 18.0. The van der Waals surface area contributed by atoms with E-state index in [1.54, 1.807) is 0 Å². The van der Waals surface area contributed by atoms with Gasteiger partial charge in [0, 0.05) is 32.8 Å². The summed E-state index contributed by atoms with van der Waals surface area (Å²) >= 11 is 0. The molecule has 1 spiro atoms. The zero-order valence-electron chi connectivity index (χ0n) is 11.9. The minimum absolute atomic E-state index is 0.0234. The molecule has 4 heteroatoms. The summed E-state index contributed by atoms with van der Waals surface area (Å²) in [5.41, 5.74) is 5.97. The number of nitrogens with two attached hydrogens (primary N) is 1. The van der Waals surface area contributed by atoms with Gasteiger partial charge < -0.3 is 19.9 Å². The Bertz CT molecular complexity index is 290. The minimum Gasteiger partial charge on any atom is -0.381 e. The van der Waals surface area contributed by atoms with Gasteiger partial charge in [0.2, 0.25) is 0 Å². The van der Waals surface area contributed by atoms with Crippen molar-refractivity contribution in [3.63, 3.8) is 0 Å². The van der Waals surface area contributed by atoms with Crippen LogP contribution in [0.25, 0.3) is 0 Å². The SMILES string of the molecule is NCC1(OC2CCOC3(CCOCC3)C2)CCCC1. The van der Waals surface area contributed by atoms with Crippen LogP contribution in [0.3, 0.4) is 0 Å². The highest BCUT2D eigenvalue weighted by atomic mass is 16.5. The molecule has 110 valence electrons. The van der Waals surface area contributed by atoms with E-state index in [-0.39, 0.29) is 11.2 Å². The Labute approximate surface area is 116 Å². The van der Waals surface area contributed by atoms with Gasteiger partial charge in [0.05, 0.1) is 17.3 Å². The molecule has 3 rings (SSSR count). The summed E-state index contributed by atoms with van der Waals surface area (Å²) in [7, 11) is 0. The van der Waals surface area contributed by atoms with Crippen LogP contribution >= 0.6 is 0 Å². The lowest BCUT2D eigenvalue weighted by atomic mass is 9.84. The highest BCUT2D eigenvalue weighted by molar-refractivity contribution is 4.93. The lowest BCUT2D eigenvalue weighted by Crippen LogP contribution is -2.50. The number of rotatable bonds is 3.